The third kappa shape index (κ3) is 3.64. The molecule has 2 aromatic carbocycles. The van der Waals surface area contributed by atoms with E-state index in [4.69, 9.17) is 15.2 Å². The van der Waals surface area contributed by atoms with Gasteiger partial charge in [0, 0.05) is 17.3 Å². The molecular weight excluding hydrogens is 382 g/mol. The lowest BCUT2D eigenvalue weighted by molar-refractivity contribution is -0.0451. The highest BCUT2D eigenvalue weighted by Crippen LogP contribution is 2.44. The summed E-state index contributed by atoms with van der Waals surface area (Å²) in [6.45, 7) is 0. The Kier molecular flexibility index (Phi) is 4.99. The minimum Gasteiger partial charge on any atom is -0.368 e. The van der Waals surface area contributed by atoms with E-state index in [0.717, 1.165) is 27.8 Å². The molecule has 1 aliphatic rings. The first-order chi connectivity index (χ1) is 14.2. The molecule has 6 heteroatoms. The normalized spacial score (nSPS) is 14.3. The monoisotopic (exact) mass is 405 g/mol. The van der Waals surface area contributed by atoms with E-state index >= 15 is 0 Å². The molecule has 0 amide bonds. The van der Waals surface area contributed by atoms with Crippen molar-refractivity contribution in [3.05, 3.63) is 60.3 Å². The molecule has 2 N–H and O–H groups in total. The van der Waals surface area contributed by atoms with Crippen LogP contribution in [0.5, 0.6) is 0 Å². The molecule has 29 heavy (non-hydrogen) atoms. The third-order valence-corrected chi connectivity index (χ3v) is 6.44. The number of hydrogen-bond acceptors (Lipinski definition) is 5. The molecular formula is C23H23N3O2S. The molecule has 1 fully saturated rings. The van der Waals surface area contributed by atoms with Gasteiger partial charge in [-0.05, 0) is 60.7 Å². The Hall–Kier alpha value is -2.41. The zero-order valence-corrected chi connectivity index (χ0v) is 16.8. The van der Waals surface area contributed by atoms with E-state index in [1.165, 1.54) is 29.2 Å². The highest BCUT2D eigenvalue weighted by atomic mass is 32.2. The van der Waals surface area contributed by atoms with Gasteiger partial charge in [0.05, 0.1) is 5.69 Å². The summed E-state index contributed by atoms with van der Waals surface area (Å²) in [5.41, 5.74) is 4.25. The zero-order valence-electron chi connectivity index (χ0n) is 16.0. The van der Waals surface area contributed by atoms with Gasteiger partial charge in [-0.25, -0.2) is 9.97 Å². The Balaban J connectivity index is 1.62. The molecule has 4 aromatic rings. The van der Waals surface area contributed by atoms with E-state index in [1.807, 2.05) is 12.1 Å². The molecule has 5 rings (SSSR count). The van der Waals surface area contributed by atoms with Crippen molar-refractivity contribution in [1.82, 2.24) is 14.5 Å². The Morgan fingerprint density at radius 3 is 2.66 bits per heavy atom. The fourth-order valence-corrected chi connectivity index (χ4v) is 4.86. The highest BCUT2D eigenvalue weighted by Gasteiger charge is 2.26. The first kappa shape index (κ1) is 18.6. The van der Waals surface area contributed by atoms with E-state index in [1.54, 1.807) is 18.0 Å². The van der Waals surface area contributed by atoms with Gasteiger partial charge in [-0.2, -0.15) is 0 Å². The van der Waals surface area contributed by atoms with Gasteiger partial charge in [-0.15, -0.1) is 0 Å². The molecule has 0 radical (unpaired) electrons. The van der Waals surface area contributed by atoms with Gasteiger partial charge < -0.3 is 10.2 Å². The first-order valence-electron chi connectivity index (χ1n) is 10.1. The lowest BCUT2D eigenvalue weighted by Crippen LogP contribution is -2.04. The van der Waals surface area contributed by atoms with Gasteiger partial charge in [0.2, 0.25) is 0 Å². The molecule has 2 heterocycles. The molecule has 1 saturated carbocycles. The summed E-state index contributed by atoms with van der Waals surface area (Å²) >= 11 is 1.63. The van der Waals surface area contributed by atoms with Crippen LogP contribution < -0.4 is 0 Å². The summed E-state index contributed by atoms with van der Waals surface area (Å²) < 4.78 is 2.15. The number of hydrogen-bond donors (Lipinski definition) is 2. The summed E-state index contributed by atoms with van der Waals surface area (Å²) in [6, 6.07) is 17.0. The van der Waals surface area contributed by atoms with Crippen molar-refractivity contribution in [1.29, 1.82) is 0 Å². The Morgan fingerprint density at radius 1 is 1.03 bits per heavy atom. The van der Waals surface area contributed by atoms with Crippen LogP contribution in [0.15, 0.2) is 59.9 Å². The van der Waals surface area contributed by atoms with Crippen LogP contribution in [-0.4, -0.2) is 36.8 Å². The summed E-state index contributed by atoms with van der Waals surface area (Å²) in [5.74, 6) is 1.45. The number of aromatic nitrogens is 3. The van der Waals surface area contributed by atoms with Crippen LogP contribution >= 0.6 is 11.8 Å². The molecule has 5 nitrogen and oxygen atoms in total. The summed E-state index contributed by atoms with van der Waals surface area (Å²) in [5, 5.41) is 21.6. The molecule has 0 saturated heterocycles. The number of benzene rings is 2. The summed E-state index contributed by atoms with van der Waals surface area (Å²) in [7, 11) is 0. The molecule has 0 spiro atoms. The zero-order chi connectivity index (χ0) is 19.8. The number of thioether (sulfide) groups is 1. The van der Waals surface area contributed by atoms with Crippen molar-refractivity contribution >= 4 is 33.7 Å². The van der Waals surface area contributed by atoms with Crippen molar-refractivity contribution < 1.29 is 10.2 Å². The second kappa shape index (κ2) is 7.78. The number of rotatable bonds is 7. The van der Waals surface area contributed by atoms with E-state index in [9.17, 15) is 0 Å². The van der Waals surface area contributed by atoms with Crippen molar-refractivity contribution in [2.24, 2.45) is 0 Å². The van der Waals surface area contributed by atoms with Crippen LogP contribution in [0.4, 0.5) is 0 Å². The number of imidazole rings is 1. The highest BCUT2D eigenvalue weighted by molar-refractivity contribution is 7.99. The van der Waals surface area contributed by atoms with E-state index in [0.29, 0.717) is 18.8 Å². The average molecular weight is 406 g/mol. The fourth-order valence-electron chi connectivity index (χ4n) is 3.89. The lowest BCUT2D eigenvalue weighted by atomic mass is 9.99. The predicted molar refractivity (Wildman–Crippen MR) is 117 cm³/mol. The standard InChI is InChI=1S/C23H23N3O2S/c27-21(28)8-4-14-29-23-25-19-7-3-13-24-22(19)26(23)20-12-11-16(15-9-10-15)17-5-1-2-6-18(17)20/h1-3,5-7,11-13,15,21,27-28H,4,8-10,14H2. The minimum absolute atomic E-state index is 0.366. The van der Waals surface area contributed by atoms with Crippen molar-refractivity contribution in [2.75, 3.05) is 5.75 Å². The van der Waals surface area contributed by atoms with Crippen molar-refractivity contribution in [2.45, 2.75) is 43.0 Å². The topological polar surface area (TPSA) is 71.2 Å². The largest absolute Gasteiger partial charge is 0.368 e. The van der Waals surface area contributed by atoms with E-state index < -0.39 is 6.29 Å². The summed E-state index contributed by atoms with van der Waals surface area (Å²) in [4.78, 5) is 9.44. The van der Waals surface area contributed by atoms with Crippen LogP contribution in [0.25, 0.3) is 27.6 Å². The Labute approximate surface area is 173 Å². The second-order valence-electron chi connectivity index (χ2n) is 7.54. The van der Waals surface area contributed by atoms with Crippen LogP contribution in [0.1, 0.15) is 37.2 Å². The van der Waals surface area contributed by atoms with Gasteiger partial charge in [0.15, 0.2) is 17.1 Å². The lowest BCUT2D eigenvalue weighted by Gasteiger charge is -2.14. The quantitative estimate of drug-likeness (QED) is 0.266. The minimum atomic E-state index is -1.25. The van der Waals surface area contributed by atoms with Crippen LogP contribution in [-0.2, 0) is 0 Å². The van der Waals surface area contributed by atoms with Gasteiger partial charge in [0.1, 0.15) is 5.52 Å². The fraction of sp³-hybridized carbons (Fsp3) is 0.304. The molecule has 148 valence electrons. The van der Waals surface area contributed by atoms with Crippen LogP contribution in [0.2, 0.25) is 0 Å². The van der Waals surface area contributed by atoms with Gasteiger partial charge in [-0.1, -0.05) is 42.1 Å². The molecule has 2 aromatic heterocycles. The molecule has 0 atom stereocenters. The summed E-state index contributed by atoms with van der Waals surface area (Å²) in [6.07, 6.45) is 4.17. The van der Waals surface area contributed by atoms with E-state index in [2.05, 4.69) is 45.9 Å². The number of fused-ring (bicyclic) bond motifs is 2. The predicted octanol–water partition coefficient (Wildman–Crippen LogP) is 4.63. The molecule has 1 aliphatic carbocycles. The molecule has 0 unspecified atom stereocenters. The third-order valence-electron chi connectivity index (χ3n) is 5.42. The maximum absolute atomic E-state index is 9.11. The number of aliphatic hydroxyl groups is 2. The molecule has 0 aliphatic heterocycles. The second-order valence-corrected chi connectivity index (χ2v) is 8.60. The first-order valence-corrected chi connectivity index (χ1v) is 11.1. The van der Waals surface area contributed by atoms with Crippen molar-refractivity contribution in [3.8, 4) is 5.69 Å². The average Bonchev–Trinajstić information content (AvgIpc) is 3.51. The SMILES string of the molecule is OC(O)CCCSc1nc2cccnc2n1-c1ccc(C2CC2)c2ccccc12. The smallest absolute Gasteiger partial charge is 0.174 e. The van der Waals surface area contributed by atoms with Crippen LogP contribution in [0.3, 0.4) is 0 Å². The van der Waals surface area contributed by atoms with Gasteiger partial charge >= 0.3 is 0 Å². The number of nitrogens with zero attached hydrogens (tertiary/aromatic N) is 3. The van der Waals surface area contributed by atoms with Gasteiger partial charge in [-0.3, -0.25) is 4.57 Å². The number of aliphatic hydroxyl groups excluding tert-OH is 1. The van der Waals surface area contributed by atoms with Gasteiger partial charge in [0.25, 0.3) is 0 Å². The molecule has 0 bridgehead atoms. The van der Waals surface area contributed by atoms with Crippen molar-refractivity contribution in [3.63, 3.8) is 0 Å². The maximum atomic E-state index is 9.11. The number of pyridine rings is 1. The van der Waals surface area contributed by atoms with E-state index in [-0.39, 0.29) is 0 Å². The van der Waals surface area contributed by atoms with Crippen LogP contribution in [0, 0.1) is 0 Å². The maximum Gasteiger partial charge on any atom is 0.174 e. The Bertz CT molecular complexity index is 1170. The Morgan fingerprint density at radius 2 is 1.86 bits per heavy atom.